The molecule has 158 valence electrons. The molecular weight excluding hydrogens is 393 g/mol. The SMILES string of the molecule is O=C(CCN1CCOCC1)Nc1cc(NC(=O)c2cccc3c2OCO3)ccc1F. The van der Waals surface area contributed by atoms with Crippen LogP contribution in [0.5, 0.6) is 11.5 Å². The summed E-state index contributed by atoms with van der Waals surface area (Å²) in [6.07, 6.45) is 0.240. The second-order valence-corrected chi connectivity index (χ2v) is 6.94. The molecule has 30 heavy (non-hydrogen) atoms. The average Bonchev–Trinajstić information content (AvgIpc) is 3.24. The highest BCUT2D eigenvalue weighted by Crippen LogP contribution is 2.35. The maximum atomic E-state index is 14.2. The molecule has 2 N–H and O–H groups in total. The van der Waals surface area contributed by atoms with Crippen LogP contribution in [0.15, 0.2) is 36.4 Å². The number of hydrogen-bond acceptors (Lipinski definition) is 6. The summed E-state index contributed by atoms with van der Waals surface area (Å²) in [7, 11) is 0. The summed E-state index contributed by atoms with van der Waals surface area (Å²) in [6, 6.07) is 9.02. The number of rotatable bonds is 6. The summed E-state index contributed by atoms with van der Waals surface area (Å²) in [5, 5.41) is 5.27. The van der Waals surface area contributed by atoms with Crippen LogP contribution >= 0.6 is 0 Å². The number of hydrogen-bond donors (Lipinski definition) is 2. The van der Waals surface area contributed by atoms with Crippen molar-refractivity contribution in [1.82, 2.24) is 4.90 Å². The third-order valence-corrected chi connectivity index (χ3v) is 4.90. The minimum Gasteiger partial charge on any atom is -0.454 e. The molecule has 0 aromatic heterocycles. The van der Waals surface area contributed by atoms with Gasteiger partial charge in [-0.2, -0.15) is 0 Å². The lowest BCUT2D eigenvalue weighted by molar-refractivity contribution is -0.116. The third kappa shape index (κ3) is 4.69. The largest absolute Gasteiger partial charge is 0.454 e. The van der Waals surface area contributed by atoms with Crippen molar-refractivity contribution >= 4 is 23.2 Å². The van der Waals surface area contributed by atoms with Crippen molar-refractivity contribution in [3.05, 3.63) is 47.8 Å². The van der Waals surface area contributed by atoms with Crippen molar-refractivity contribution in [2.24, 2.45) is 0 Å². The lowest BCUT2D eigenvalue weighted by atomic mass is 10.1. The Hall–Kier alpha value is -3.17. The van der Waals surface area contributed by atoms with E-state index in [0.717, 1.165) is 13.1 Å². The molecule has 2 aromatic rings. The van der Waals surface area contributed by atoms with E-state index < -0.39 is 11.7 Å². The van der Waals surface area contributed by atoms with Gasteiger partial charge in [-0.25, -0.2) is 4.39 Å². The Morgan fingerprint density at radius 3 is 2.73 bits per heavy atom. The fraction of sp³-hybridized carbons (Fsp3) is 0.333. The minimum absolute atomic E-state index is 0.0117. The molecule has 0 radical (unpaired) electrons. The van der Waals surface area contributed by atoms with E-state index in [0.29, 0.717) is 42.5 Å². The summed E-state index contributed by atoms with van der Waals surface area (Å²) in [5.41, 5.74) is 0.671. The van der Waals surface area contributed by atoms with Gasteiger partial charge in [0.1, 0.15) is 5.82 Å². The van der Waals surface area contributed by atoms with Gasteiger partial charge in [-0.1, -0.05) is 6.07 Å². The van der Waals surface area contributed by atoms with Crippen LogP contribution in [0, 0.1) is 5.82 Å². The standard InChI is InChI=1S/C21H22FN3O5/c22-16-5-4-14(23-21(27)15-2-1-3-18-20(15)30-13-29-18)12-17(16)24-19(26)6-7-25-8-10-28-11-9-25/h1-5,12H,6-11,13H2,(H,23,27)(H,24,26). The van der Waals surface area contributed by atoms with E-state index in [4.69, 9.17) is 14.2 Å². The Labute approximate surface area is 172 Å². The van der Waals surface area contributed by atoms with E-state index in [-0.39, 0.29) is 24.8 Å². The van der Waals surface area contributed by atoms with Crippen LogP contribution in [-0.2, 0) is 9.53 Å². The molecular formula is C21H22FN3O5. The number of benzene rings is 2. The summed E-state index contributed by atoms with van der Waals surface area (Å²) in [5.74, 6) is -0.433. The number of anilines is 2. The molecule has 2 aliphatic rings. The maximum absolute atomic E-state index is 14.2. The number of nitrogens with zero attached hydrogens (tertiary/aromatic N) is 1. The number of halogens is 1. The normalized spacial score (nSPS) is 15.6. The topological polar surface area (TPSA) is 89.1 Å². The van der Waals surface area contributed by atoms with Crippen molar-refractivity contribution in [3.63, 3.8) is 0 Å². The van der Waals surface area contributed by atoms with Crippen molar-refractivity contribution < 1.29 is 28.2 Å². The third-order valence-electron chi connectivity index (χ3n) is 4.90. The van der Waals surface area contributed by atoms with E-state index >= 15 is 0 Å². The van der Waals surface area contributed by atoms with Gasteiger partial charge in [-0.15, -0.1) is 0 Å². The quantitative estimate of drug-likeness (QED) is 0.754. The fourth-order valence-electron chi connectivity index (χ4n) is 3.30. The first-order valence-electron chi connectivity index (χ1n) is 9.69. The molecule has 4 rings (SSSR count). The number of para-hydroxylation sites is 1. The molecule has 0 spiro atoms. The van der Waals surface area contributed by atoms with Gasteiger partial charge in [-0.3, -0.25) is 14.5 Å². The second kappa shape index (κ2) is 9.10. The first kappa shape index (κ1) is 20.1. The zero-order valence-corrected chi connectivity index (χ0v) is 16.3. The van der Waals surface area contributed by atoms with E-state index in [1.807, 2.05) is 0 Å². The van der Waals surface area contributed by atoms with E-state index in [2.05, 4.69) is 15.5 Å². The molecule has 0 atom stereocenters. The Balaban J connectivity index is 1.38. The Morgan fingerprint density at radius 1 is 1.07 bits per heavy atom. The number of carbonyl (C=O) groups excluding carboxylic acids is 2. The lowest BCUT2D eigenvalue weighted by Gasteiger charge is -2.26. The predicted molar refractivity (Wildman–Crippen MR) is 107 cm³/mol. The van der Waals surface area contributed by atoms with Crippen molar-refractivity contribution in [2.75, 3.05) is 50.3 Å². The molecule has 0 unspecified atom stereocenters. The van der Waals surface area contributed by atoms with Gasteiger partial charge in [-0.05, 0) is 30.3 Å². The van der Waals surface area contributed by atoms with E-state index in [1.54, 1.807) is 18.2 Å². The number of nitrogens with one attached hydrogen (secondary N) is 2. The van der Waals surface area contributed by atoms with Crippen LogP contribution in [0.1, 0.15) is 16.8 Å². The van der Waals surface area contributed by atoms with Crippen LogP contribution in [0.4, 0.5) is 15.8 Å². The first-order chi connectivity index (χ1) is 14.6. The molecule has 2 aliphatic heterocycles. The van der Waals surface area contributed by atoms with E-state index in [1.165, 1.54) is 18.2 Å². The molecule has 0 saturated carbocycles. The highest BCUT2D eigenvalue weighted by atomic mass is 19.1. The van der Waals surface area contributed by atoms with Gasteiger partial charge in [0, 0.05) is 31.7 Å². The van der Waals surface area contributed by atoms with Crippen LogP contribution < -0.4 is 20.1 Å². The van der Waals surface area contributed by atoms with E-state index in [9.17, 15) is 14.0 Å². The molecule has 0 bridgehead atoms. The fourth-order valence-corrected chi connectivity index (χ4v) is 3.30. The molecule has 8 nitrogen and oxygen atoms in total. The number of ether oxygens (including phenoxy) is 3. The summed E-state index contributed by atoms with van der Waals surface area (Å²) in [6.45, 7) is 3.49. The van der Waals surface area contributed by atoms with Gasteiger partial charge in [0.2, 0.25) is 12.7 Å². The Bertz CT molecular complexity index is 946. The Morgan fingerprint density at radius 2 is 1.90 bits per heavy atom. The van der Waals surface area contributed by atoms with Gasteiger partial charge in [0.15, 0.2) is 11.5 Å². The molecule has 2 amide bonds. The van der Waals surface area contributed by atoms with Crippen molar-refractivity contribution in [3.8, 4) is 11.5 Å². The van der Waals surface area contributed by atoms with Crippen molar-refractivity contribution in [2.45, 2.75) is 6.42 Å². The Kier molecular flexibility index (Phi) is 6.10. The number of fused-ring (bicyclic) bond motifs is 1. The first-order valence-corrected chi connectivity index (χ1v) is 9.69. The average molecular weight is 415 g/mol. The molecule has 1 fully saturated rings. The lowest BCUT2D eigenvalue weighted by Crippen LogP contribution is -2.38. The van der Waals surface area contributed by atoms with Crippen LogP contribution in [-0.4, -0.2) is 56.4 Å². The summed E-state index contributed by atoms with van der Waals surface area (Å²) < 4.78 is 30.1. The molecule has 1 saturated heterocycles. The number of amides is 2. The molecule has 9 heteroatoms. The monoisotopic (exact) mass is 415 g/mol. The smallest absolute Gasteiger partial charge is 0.259 e. The van der Waals surface area contributed by atoms with Gasteiger partial charge in [0.25, 0.3) is 5.91 Å². The second-order valence-electron chi connectivity index (χ2n) is 6.94. The summed E-state index contributed by atoms with van der Waals surface area (Å²) in [4.78, 5) is 27.0. The number of morpholine rings is 1. The van der Waals surface area contributed by atoms with Crippen molar-refractivity contribution in [1.29, 1.82) is 0 Å². The zero-order chi connectivity index (χ0) is 20.9. The van der Waals surface area contributed by atoms with Gasteiger partial charge in [0.05, 0.1) is 24.5 Å². The molecule has 2 aromatic carbocycles. The predicted octanol–water partition coefficient (Wildman–Crippen LogP) is 2.47. The molecule has 0 aliphatic carbocycles. The highest BCUT2D eigenvalue weighted by Gasteiger charge is 2.22. The highest BCUT2D eigenvalue weighted by molar-refractivity contribution is 6.07. The van der Waals surface area contributed by atoms with Gasteiger partial charge >= 0.3 is 0 Å². The van der Waals surface area contributed by atoms with Crippen LogP contribution in [0.2, 0.25) is 0 Å². The minimum atomic E-state index is -0.579. The van der Waals surface area contributed by atoms with Crippen LogP contribution in [0.3, 0.4) is 0 Å². The number of carbonyl (C=O) groups is 2. The summed E-state index contributed by atoms with van der Waals surface area (Å²) >= 11 is 0. The zero-order valence-electron chi connectivity index (χ0n) is 16.3. The van der Waals surface area contributed by atoms with Crippen LogP contribution in [0.25, 0.3) is 0 Å². The van der Waals surface area contributed by atoms with Gasteiger partial charge < -0.3 is 24.8 Å². The molecule has 2 heterocycles. The maximum Gasteiger partial charge on any atom is 0.259 e.